The molecule has 0 amide bonds. The van der Waals surface area contributed by atoms with E-state index in [1.54, 1.807) is 0 Å². The zero-order valence-corrected chi connectivity index (χ0v) is 8.33. The molecular formula is C10H17N3O. The Balaban J connectivity index is 2.00. The molecule has 14 heavy (non-hydrogen) atoms. The summed E-state index contributed by atoms with van der Waals surface area (Å²) in [6.07, 6.45) is 4.90. The fourth-order valence-corrected chi connectivity index (χ4v) is 1.86. The average Bonchev–Trinajstić information content (AvgIpc) is 2.68. The monoisotopic (exact) mass is 195 g/mol. The summed E-state index contributed by atoms with van der Waals surface area (Å²) < 4.78 is 5.64. The van der Waals surface area contributed by atoms with Gasteiger partial charge in [-0.3, -0.25) is 0 Å². The maximum absolute atomic E-state index is 5.64. The van der Waals surface area contributed by atoms with E-state index in [2.05, 4.69) is 10.3 Å². The topological polar surface area (TPSA) is 64.1 Å². The highest BCUT2D eigenvalue weighted by atomic mass is 16.4. The number of hydrogen-bond acceptors (Lipinski definition) is 4. The number of nitrogens with one attached hydrogen (secondary N) is 1. The Morgan fingerprint density at radius 3 is 3.00 bits per heavy atom. The van der Waals surface area contributed by atoms with Crippen molar-refractivity contribution in [2.75, 3.05) is 19.6 Å². The largest absolute Gasteiger partial charge is 0.445 e. The van der Waals surface area contributed by atoms with Crippen LogP contribution in [0.3, 0.4) is 0 Å². The lowest BCUT2D eigenvalue weighted by molar-refractivity contribution is 0.369. The number of nitrogens with zero attached hydrogens (tertiary/aromatic N) is 1. The molecule has 0 atom stereocenters. The summed E-state index contributed by atoms with van der Waals surface area (Å²) in [6, 6.07) is 0. The summed E-state index contributed by atoms with van der Waals surface area (Å²) in [7, 11) is 0. The standard InChI is InChI=1S/C10H17N3O/c11-4-1-10-13-7-9(14-10)8-2-5-12-6-3-8/h7-8,12H,1-6,11H2. The summed E-state index contributed by atoms with van der Waals surface area (Å²) in [5, 5.41) is 3.33. The van der Waals surface area contributed by atoms with Crippen LogP contribution in [0.1, 0.15) is 30.4 Å². The molecule has 1 aliphatic rings. The van der Waals surface area contributed by atoms with Crippen LogP contribution in [0.25, 0.3) is 0 Å². The third-order valence-corrected chi connectivity index (χ3v) is 2.67. The van der Waals surface area contributed by atoms with Gasteiger partial charge in [-0.25, -0.2) is 4.98 Å². The smallest absolute Gasteiger partial charge is 0.195 e. The second-order valence-electron chi connectivity index (χ2n) is 3.72. The van der Waals surface area contributed by atoms with Crippen molar-refractivity contribution in [3.8, 4) is 0 Å². The Morgan fingerprint density at radius 2 is 2.29 bits per heavy atom. The van der Waals surface area contributed by atoms with Crippen molar-refractivity contribution < 1.29 is 4.42 Å². The first-order chi connectivity index (χ1) is 6.90. The molecule has 2 rings (SSSR count). The molecule has 0 bridgehead atoms. The lowest BCUT2D eigenvalue weighted by Crippen LogP contribution is -2.26. The quantitative estimate of drug-likeness (QED) is 0.743. The van der Waals surface area contributed by atoms with Crippen molar-refractivity contribution in [3.05, 3.63) is 17.8 Å². The number of rotatable bonds is 3. The van der Waals surface area contributed by atoms with E-state index in [-0.39, 0.29) is 0 Å². The SMILES string of the molecule is NCCc1ncc(C2CCNCC2)o1. The molecular weight excluding hydrogens is 178 g/mol. The first kappa shape index (κ1) is 9.68. The molecule has 1 fully saturated rings. The Morgan fingerprint density at radius 1 is 1.50 bits per heavy atom. The Kier molecular flexibility index (Phi) is 3.16. The van der Waals surface area contributed by atoms with Gasteiger partial charge in [-0.15, -0.1) is 0 Å². The Labute approximate surface area is 83.9 Å². The van der Waals surface area contributed by atoms with Crippen LogP contribution in [0.2, 0.25) is 0 Å². The van der Waals surface area contributed by atoms with E-state index in [4.69, 9.17) is 10.2 Å². The number of piperidine rings is 1. The maximum Gasteiger partial charge on any atom is 0.195 e. The molecule has 1 aromatic heterocycles. The molecule has 4 nitrogen and oxygen atoms in total. The van der Waals surface area contributed by atoms with Gasteiger partial charge < -0.3 is 15.5 Å². The second kappa shape index (κ2) is 4.57. The lowest BCUT2D eigenvalue weighted by atomic mass is 9.96. The zero-order valence-electron chi connectivity index (χ0n) is 8.33. The molecule has 0 saturated carbocycles. The van der Waals surface area contributed by atoms with E-state index in [0.29, 0.717) is 12.5 Å². The fraction of sp³-hybridized carbons (Fsp3) is 0.700. The van der Waals surface area contributed by atoms with E-state index < -0.39 is 0 Å². The summed E-state index contributed by atoms with van der Waals surface area (Å²) >= 11 is 0. The Hall–Kier alpha value is -0.870. The van der Waals surface area contributed by atoms with Gasteiger partial charge in [0.15, 0.2) is 5.89 Å². The summed E-state index contributed by atoms with van der Waals surface area (Å²) in [5.74, 6) is 2.37. The van der Waals surface area contributed by atoms with Gasteiger partial charge in [0, 0.05) is 18.9 Å². The van der Waals surface area contributed by atoms with Crippen molar-refractivity contribution in [1.29, 1.82) is 0 Å². The van der Waals surface area contributed by atoms with Gasteiger partial charge in [-0.05, 0) is 25.9 Å². The van der Waals surface area contributed by atoms with Crippen LogP contribution < -0.4 is 11.1 Å². The second-order valence-corrected chi connectivity index (χ2v) is 3.72. The van der Waals surface area contributed by atoms with Gasteiger partial charge in [0.25, 0.3) is 0 Å². The van der Waals surface area contributed by atoms with Gasteiger partial charge in [0.1, 0.15) is 5.76 Å². The molecule has 2 heterocycles. The highest BCUT2D eigenvalue weighted by Crippen LogP contribution is 2.25. The van der Waals surface area contributed by atoms with Crippen molar-refractivity contribution in [2.24, 2.45) is 5.73 Å². The van der Waals surface area contributed by atoms with Crippen molar-refractivity contribution >= 4 is 0 Å². The molecule has 1 aromatic rings. The van der Waals surface area contributed by atoms with Gasteiger partial charge in [-0.2, -0.15) is 0 Å². The van der Waals surface area contributed by atoms with Crippen LogP contribution in [0.15, 0.2) is 10.6 Å². The predicted octanol–water partition coefficient (Wildman–Crippen LogP) is 0.643. The van der Waals surface area contributed by atoms with Crippen molar-refractivity contribution in [1.82, 2.24) is 10.3 Å². The molecule has 0 unspecified atom stereocenters. The molecule has 78 valence electrons. The number of nitrogens with two attached hydrogens (primary N) is 1. The number of hydrogen-bond donors (Lipinski definition) is 2. The first-order valence-electron chi connectivity index (χ1n) is 5.25. The predicted molar refractivity (Wildman–Crippen MR) is 54.1 cm³/mol. The minimum absolute atomic E-state index is 0.551. The van der Waals surface area contributed by atoms with Crippen LogP contribution in [-0.2, 0) is 6.42 Å². The van der Waals surface area contributed by atoms with Gasteiger partial charge >= 0.3 is 0 Å². The highest BCUT2D eigenvalue weighted by molar-refractivity contribution is 5.03. The maximum atomic E-state index is 5.64. The minimum atomic E-state index is 0.551. The van der Waals surface area contributed by atoms with E-state index in [1.165, 1.54) is 0 Å². The summed E-state index contributed by atoms with van der Waals surface area (Å²) in [6.45, 7) is 2.77. The van der Waals surface area contributed by atoms with Crippen LogP contribution in [0.4, 0.5) is 0 Å². The van der Waals surface area contributed by atoms with Crippen LogP contribution in [-0.4, -0.2) is 24.6 Å². The van der Waals surface area contributed by atoms with Crippen molar-refractivity contribution in [3.63, 3.8) is 0 Å². The van der Waals surface area contributed by atoms with E-state index in [9.17, 15) is 0 Å². The summed E-state index contributed by atoms with van der Waals surface area (Å²) in [4.78, 5) is 4.21. The van der Waals surface area contributed by atoms with E-state index in [1.807, 2.05) is 6.20 Å². The highest BCUT2D eigenvalue weighted by Gasteiger charge is 2.18. The van der Waals surface area contributed by atoms with Gasteiger partial charge in [0.2, 0.25) is 0 Å². The molecule has 0 spiro atoms. The van der Waals surface area contributed by atoms with E-state index in [0.717, 1.165) is 44.0 Å². The van der Waals surface area contributed by atoms with Gasteiger partial charge in [-0.1, -0.05) is 0 Å². The van der Waals surface area contributed by atoms with Gasteiger partial charge in [0.05, 0.1) is 6.20 Å². The number of aromatic nitrogens is 1. The lowest BCUT2D eigenvalue weighted by Gasteiger charge is -2.19. The Bertz CT molecular complexity index is 279. The first-order valence-corrected chi connectivity index (χ1v) is 5.25. The molecule has 3 N–H and O–H groups in total. The molecule has 1 saturated heterocycles. The van der Waals surface area contributed by atoms with E-state index >= 15 is 0 Å². The molecule has 1 aliphatic heterocycles. The third-order valence-electron chi connectivity index (χ3n) is 2.67. The molecule has 4 heteroatoms. The minimum Gasteiger partial charge on any atom is -0.445 e. The number of oxazole rings is 1. The third kappa shape index (κ3) is 2.13. The molecule has 0 radical (unpaired) electrons. The van der Waals surface area contributed by atoms with Crippen molar-refractivity contribution in [2.45, 2.75) is 25.2 Å². The zero-order chi connectivity index (χ0) is 9.80. The fourth-order valence-electron chi connectivity index (χ4n) is 1.86. The van der Waals surface area contributed by atoms with Crippen LogP contribution in [0.5, 0.6) is 0 Å². The van der Waals surface area contributed by atoms with Crippen LogP contribution in [0, 0.1) is 0 Å². The van der Waals surface area contributed by atoms with Crippen LogP contribution >= 0.6 is 0 Å². The summed E-state index contributed by atoms with van der Waals surface area (Å²) in [5.41, 5.74) is 5.44. The molecule has 0 aliphatic carbocycles. The molecule has 0 aromatic carbocycles. The normalized spacial score (nSPS) is 18.6. The average molecular weight is 195 g/mol.